The molecule has 4 nitrogen and oxygen atoms in total. The molecule has 0 radical (unpaired) electrons. The van der Waals surface area contributed by atoms with E-state index in [2.05, 4.69) is 152 Å². The summed E-state index contributed by atoms with van der Waals surface area (Å²) in [5, 5.41) is 0. The fourth-order valence-electron chi connectivity index (χ4n) is 3.39. The number of thiol groups is 12. The van der Waals surface area contributed by atoms with Crippen LogP contribution in [-0.4, -0.2) is 92.3 Å². The summed E-state index contributed by atoms with van der Waals surface area (Å²) < 4.78 is 27.3. The minimum absolute atomic E-state index is 0.103. The second-order valence-corrected chi connectivity index (χ2v) is 22.8. The molecule has 0 saturated heterocycles. The van der Waals surface area contributed by atoms with Crippen LogP contribution in [0.2, 0.25) is 0 Å². The van der Waals surface area contributed by atoms with Crippen LogP contribution in [0.15, 0.2) is 0 Å². The first-order valence-corrected chi connectivity index (χ1v) is 25.3. The number of thioether (sulfide) groups is 4. The summed E-state index contributed by atoms with van der Waals surface area (Å²) in [5.41, 5.74) is -1.36. The zero-order valence-electron chi connectivity index (χ0n) is 25.1. The molecule has 0 fully saturated rings. The van der Waals surface area contributed by atoms with Crippen molar-refractivity contribution in [3.05, 3.63) is 0 Å². The lowest BCUT2D eigenvalue weighted by Gasteiger charge is -2.41. The molecule has 0 rings (SSSR count). The Hall–Kier alpha value is 5.44. The van der Waals surface area contributed by atoms with Crippen LogP contribution in [0.25, 0.3) is 0 Å². The average molecular weight is 930 g/mol. The van der Waals surface area contributed by atoms with Crippen LogP contribution in [0.4, 0.5) is 0 Å². The Bertz CT molecular complexity index is 561. The summed E-state index contributed by atoms with van der Waals surface area (Å²) in [6.07, 6.45) is 3.63. The lowest BCUT2D eigenvalue weighted by atomic mass is 10.3. The van der Waals surface area contributed by atoms with Crippen molar-refractivity contribution in [2.75, 3.05) is 46.0 Å². The van der Waals surface area contributed by atoms with Crippen LogP contribution in [0.1, 0.15) is 51.4 Å². The summed E-state index contributed by atoms with van der Waals surface area (Å²) in [6.45, 7) is 0. The maximum absolute atomic E-state index is 6.93. The zero-order chi connectivity index (χ0) is 34.1. The van der Waals surface area contributed by atoms with Gasteiger partial charge in [-0.25, -0.2) is 0 Å². The molecule has 0 aromatic carbocycles. The first-order chi connectivity index (χ1) is 21.4. The van der Waals surface area contributed by atoms with Crippen LogP contribution < -0.4 is 0 Å². The van der Waals surface area contributed by atoms with E-state index in [1.54, 1.807) is 47.0 Å². The molecule has 0 heterocycles. The van der Waals surface area contributed by atoms with Gasteiger partial charge in [0.15, 0.2) is 0 Å². The third-order valence-corrected chi connectivity index (χ3v) is 14.1. The van der Waals surface area contributed by atoms with E-state index in [0.717, 1.165) is 23.0 Å². The summed E-state index contributed by atoms with van der Waals surface area (Å²) in [4.78, 5) is 0. The number of rotatable bonds is 32. The van der Waals surface area contributed by atoms with Gasteiger partial charge in [-0.2, -0.15) is 152 Å². The Kier molecular flexibility index (Phi) is 36.8. The van der Waals surface area contributed by atoms with Gasteiger partial charge in [0.2, 0.25) is 0 Å². The van der Waals surface area contributed by atoms with Gasteiger partial charge in [0.25, 0.3) is 0 Å². The van der Waals surface area contributed by atoms with E-state index in [1.807, 2.05) is 0 Å². The fraction of sp³-hybridized carbons (Fsp3) is 1.00. The minimum atomic E-state index is -1.85. The molecule has 0 aliphatic heterocycles. The van der Waals surface area contributed by atoms with Crippen molar-refractivity contribution in [2.45, 2.75) is 97.6 Å². The third kappa shape index (κ3) is 29.5. The van der Waals surface area contributed by atoms with Crippen molar-refractivity contribution >= 4 is 199 Å². The lowest BCUT2D eigenvalue weighted by Crippen LogP contribution is -2.50. The van der Waals surface area contributed by atoms with E-state index in [-0.39, 0.29) is 40.1 Å². The molecular formula is C25H52O4S16. The Morgan fingerprint density at radius 1 is 0.356 bits per heavy atom. The molecule has 0 aromatic heterocycles. The number of hydrogen-bond acceptors (Lipinski definition) is 20. The van der Waals surface area contributed by atoms with Gasteiger partial charge in [0.1, 0.15) is 21.7 Å². The molecule has 4 atom stereocenters. The molecule has 272 valence electrons. The molecule has 45 heavy (non-hydrogen) atoms. The first kappa shape index (κ1) is 50.4. The molecule has 0 aliphatic carbocycles. The van der Waals surface area contributed by atoms with E-state index in [9.17, 15) is 0 Å². The molecule has 20 heteroatoms. The Morgan fingerprint density at radius 3 is 0.711 bits per heavy atom. The predicted octanol–water partition coefficient (Wildman–Crippen LogP) is 9.48. The van der Waals surface area contributed by atoms with Crippen molar-refractivity contribution in [3.63, 3.8) is 0 Å². The van der Waals surface area contributed by atoms with Gasteiger partial charge in [0.05, 0.1) is 0 Å². The van der Waals surface area contributed by atoms with Gasteiger partial charge in [-0.1, -0.05) is 0 Å². The van der Waals surface area contributed by atoms with Gasteiger partial charge in [0, 0.05) is 41.3 Å². The number of hydrogen-bond donors (Lipinski definition) is 12. The summed E-state index contributed by atoms with van der Waals surface area (Å²) in [7, 11) is 0. The van der Waals surface area contributed by atoms with Gasteiger partial charge in [-0.15, -0.1) is 47.0 Å². The highest BCUT2D eigenvalue weighted by Gasteiger charge is 2.46. The van der Waals surface area contributed by atoms with Crippen molar-refractivity contribution in [1.82, 2.24) is 0 Å². The van der Waals surface area contributed by atoms with E-state index >= 15 is 0 Å². The summed E-state index contributed by atoms with van der Waals surface area (Å²) in [6, 6.07) is 0. The van der Waals surface area contributed by atoms with E-state index in [0.29, 0.717) is 74.4 Å². The van der Waals surface area contributed by atoms with Crippen molar-refractivity contribution in [1.29, 1.82) is 0 Å². The highest BCUT2D eigenvalue weighted by atomic mass is 32.2. The Morgan fingerprint density at radius 2 is 0.556 bits per heavy atom. The highest BCUT2D eigenvalue weighted by Crippen LogP contribution is 2.40. The monoisotopic (exact) mass is 928 g/mol. The van der Waals surface area contributed by atoms with Crippen molar-refractivity contribution < 1.29 is 18.9 Å². The van der Waals surface area contributed by atoms with Gasteiger partial charge in [-0.3, -0.25) is 18.9 Å². The average Bonchev–Trinajstić information content (AvgIpc) is 2.98. The van der Waals surface area contributed by atoms with Crippen LogP contribution >= 0.6 is 199 Å². The van der Waals surface area contributed by atoms with Gasteiger partial charge in [-0.05, 0) is 74.4 Å². The van der Waals surface area contributed by atoms with Crippen LogP contribution in [0.5, 0.6) is 0 Å². The third-order valence-electron chi connectivity index (χ3n) is 5.33. The second kappa shape index (κ2) is 32.8. The summed E-state index contributed by atoms with van der Waals surface area (Å²) in [5.74, 6) is 5.83. The molecule has 0 spiro atoms. The standard InChI is InChI=1S/C25H52O4S16/c30-9-13-42-17(1-5-21(34)35)26-25(27-18(43-14-10-31)2-6-22(36)37,28-19(44-15-11-32)3-7-23(38)39)29-20(45-16-12-33)4-8-24(40)41/h17-24,30-41H,1-16H2. The molecular weight excluding hydrogens is 877 g/mol. The van der Waals surface area contributed by atoms with Crippen molar-refractivity contribution in [2.24, 2.45) is 0 Å². The SMILES string of the molecule is SCCSC(CCC(S)S)OC(OC(CCC(S)S)SCCS)(OC(CCC(S)S)SCCS)OC(CCC(S)S)SCCS. The molecule has 4 unspecified atom stereocenters. The first-order valence-electron chi connectivity index (χ1n) is 14.5. The fourth-order valence-corrected chi connectivity index (χ4v) is 9.28. The van der Waals surface area contributed by atoms with Gasteiger partial charge >= 0.3 is 6.16 Å². The molecule has 0 N–H and O–H groups in total. The molecule has 0 bridgehead atoms. The largest absolute Gasteiger partial charge is 0.417 e. The maximum Gasteiger partial charge on any atom is 0.417 e. The maximum atomic E-state index is 6.93. The van der Waals surface area contributed by atoms with E-state index in [4.69, 9.17) is 18.9 Å². The van der Waals surface area contributed by atoms with E-state index < -0.39 is 6.16 Å². The predicted molar refractivity (Wildman–Crippen MR) is 251 cm³/mol. The van der Waals surface area contributed by atoms with Crippen molar-refractivity contribution in [3.8, 4) is 0 Å². The molecule has 0 aromatic rings. The van der Waals surface area contributed by atoms with E-state index in [1.165, 1.54) is 0 Å². The van der Waals surface area contributed by atoms with Crippen LogP contribution in [0, 0.1) is 0 Å². The van der Waals surface area contributed by atoms with Gasteiger partial charge < -0.3 is 0 Å². The smallest absolute Gasteiger partial charge is 0.289 e. The Balaban J connectivity index is 6.97. The molecule has 0 amide bonds. The number of ether oxygens (including phenoxy) is 4. The molecule has 0 saturated carbocycles. The lowest BCUT2D eigenvalue weighted by molar-refractivity contribution is -0.512. The quantitative estimate of drug-likeness (QED) is 0.0241. The minimum Gasteiger partial charge on any atom is -0.289 e. The topological polar surface area (TPSA) is 36.9 Å². The zero-order valence-corrected chi connectivity index (χ0v) is 39.1. The normalized spacial score (nSPS) is 16.5. The second-order valence-electron chi connectivity index (χ2n) is 9.30. The highest BCUT2D eigenvalue weighted by molar-refractivity contribution is 8.02. The van der Waals surface area contributed by atoms with Crippen LogP contribution in [0.3, 0.4) is 0 Å². The molecule has 0 aliphatic rings. The van der Waals surface area contributed by atoms with Crippen LogP contribution in [-0.2, 0) is 18.9 Å². The summed E-state index contributed by atoms with van der Waals surface area (Å²) >= 11 is 60.5. The Labute approximate surface area is 356 Å².